The van der Waals surface area contributed by atoms with E-state index >= 15 is 0 Å². The zero-order chi connectivity index (χ0) is 21.8. The van der Waals surface area contributed by atoms with Crippen LogP contribution < -0.4 is 11.1 Å². The van der Waals surface area contributed by atoms with E-state index < -0.39 is 0 Å². The molecule has 1 saturated carbocycles. The van der Waals surface area contributed by atoms with Gasteiger partial charge in [0, 0.05) is 48.8 Å². The summed E-state index contributed by atoms with van der Waals surface area (Å²) in [7, 11) is 0. The van der Waals surface area contributed by atoms with Crippen molar-refractivity contribution in [2.45, 2.75) is 71.0 Å². The third-order valence-electron chi connectivity index (χ3n) is 7.55. The molecule has 1 aliphatic heterocycles. The molecule has 0 radical (unpaired) electrons. The van der Waals surface area contributed by atoms with Crippen LogP contribution in [0.1, 0.15) is 64.0 Å². The van der Waals surface area contributed by atoms with Crippen molar-refractivity contribution in [2.75, 3.05) is 13.1 Å². The van der Waals surface area contributed by atoms with Gasteiger partial charge in [0.25, 0.3) is 0 Å². The molecule has 2 heterocycles. The van der Waals surface area contributed by atoms with E-state index in [2.05, 4.69) is 64.1 Å². The lowest BCUT2D eigenvalue weighted by Gasteiger charge is -2.42. The smallest absolute Gasteiger partial charge is 0.209 e. The fraction of sp³-hybridized carbons (Fsp3) is 0.600. The molecule has 4 rings (SSSR count). The van der Waals surface area contributed by atoms with Crippen LogP contribution in [0.15, 0.2) is 35.5 Å². The van der Waals surface area contributed by atoms with Gasteiger partial charge < -0.3 is 20.5 Å². The van der Waals surface area contributed by atoms with Gasteiger partial charge in [0.15, 0.2) is 0 Å². The summed E-state index contributed by atoms with van der Waals surface area (Å²) in [6.07, 6.45) is 12.0. The van der Waals surface area contributed by atoms with Crippen molar-refractivity contribution < 1.29 is 0 Å². The van der Waals surface area contributed by atoms with E-state index in [0.717, 1.165) is 17.9 Å². The minimum Gasteiger partial charge on any atom is -0.369 e. The Hall–Kier alpha value is -2.52. The maximum atomic E-state index is 8.67. The number of benzene rings is 1. The second-order valence-corrected chi connectivity index (χ2v) is 9.61. The predicted octanol–water partition coefficient (Wildman–Crippen LogP) is 4.38. The van der Waals surface area contributed by atoms with Crippen molar-refractivity contribution in [3.63, 3.8) is 0 Å². The van der Waals surface area contributed by atoms with E-state index in [4.69, 9.17) is 11.0 Å². The predicted molar refractivity (Wildman–Crippen MR) is 126 cm³/mol. The highest BCUT2D eigenvalue weighted by Crippen LogP contribution is 2.35. The molecule has 1 aromatic heterocycles. The highest BCUT2D eigenvalue weighted by molar-refractivity contribution is 5.85. The number of fused-ring (bicyclic) bond motifs is 1. The van der Waals surface area contributed by atoms with Crippen LogP contribution >= 0.6 is 0 Å². The van der Waals surface area contributed by atoms with E-state index in [1.54, 1.807) is 6.19 Å². The van der Waals surface area contributed by atoms with Crippen LogP contribution in [-0.4, -0.2) is 34.6 Å². The molecule has 0 unspecified atom stereocenters. The molecule has 2 aromatic rings. The molecule has 0 bridgehead atoms. The van der Waals surface area contributed by atoms with E-state index in [-0.39, 0.29) is 5.96 Å². The molecule has 1 saturated heterocycles. The van der Waals surface area contributed by atoms with Crippen LogP contribution in [0.2, 0.25) is 0 Å². The van der Waals surface area contributed by atoms with Crippen LogP contribution in [0.5, 0.6) is 0 Å². The van der Waals surface area contributed by atoms with E-state index in [1.807, 2.05) is 0 Å². The SMILES string of the molecule is CC(C)C1CCC(N2CCC(n3cc(CNC(N)=NC#N)c4ccccc43)CC2)CC1. The standard InChI is InChI=1S/C25H36N6/c1-18(2)19-7-9-21(10-8-19)30-13-11-22(12-14-30)31-16-20(15-28-25(27)29-17-26)23-5-3-4-6-24(23)31/h3-6,16,18-19,21-22H,7-15H2,1-2H3,(H3,27,28,29). The lowest BCUT2D eigenvalue weighted by atomic mass is 9.79. The maximum absolute atomic E-state index is 8.67. The van der Waals surface area contributed by atoms with Crippen molar-refractivity contribution in [2.24, 2.45) is 22.6 Å². The number of nitriles is 1. The van der Waals surface area contributed by atoms with Crippen LogP contribution in [0.4, 0.5) is 0 Å². The third kappa shape index (κ3) is 4.88. The molecule has 3 N–H and O–H groups in total. The Labute approximate surface area is 186 Å². The number of likely N-dealkylation sites (tertiary alicyclic amines) is 1. The molecule has 1 aliphatic carbocycles. The summed E-state index contributed by atoms with van der Waals surface area (Å²) in [4.78, 5) is 6.32. The number of hydrogen-bond acceptors (Lipinski definition) is 3. The second-order valence-electron chi connectivity index (χ2n) is 9.61. The quantitative estimate of drug-likeness (QED) is 0.427. The molecule has 166 valence electrons. The first-order valence-corrected chi connectivity index (χ1v) is 11.9. The summed E-state index contributed by atoms with van der Waals surface area (Å²) in [5.74, 6) is 1.93. The van der Waals surface area contributed by atoms with E-state index in [0.29, 0.717) is 12.6 Å². The molecule has 2 aliphatic rings. The molecule has 6 heteroatoms. The molecule has 6 nitrogen and oxygen atoms in total. The van der Waals surface area contributed by atoms with Crippen LogP contribution in [0, 0.1) is 23.3 Å². The number of piperidine rings is 1. The van der Waals surface area contributed by atoms with Gasteiger partial charge in [-0.3, -0.25) is 0 Å². The summed E-state index contributed by atoms with van der Waals surface area (Å²) in [5, 5.41) is 13.0. The number of para-hydroxylation sites is 1. The summed E-state index contributed by atoms with van der Waals surface area (Å²) >= 11 is 0. The number of aromatic nitrogens is 1. The van der Waals surface area contributed by atoms with Gasteiger partial charge in [-0.25, -0.2) is 0 Å². The Kier molecular flexibility index (Phi) is 6.82. The van der Waals surface area contributed by atoms with Gasteiger partial charge >= 0.3 is 0 Å². The second kappa shape index (κ2) is 9.74. The van der Waals surface area contributed by atoms with Crippen molar-refractivity contribution >= 4 is 16.9 Å². The van der Waals surface area contributed by atoms with E-state index in [1.165, 1.54) is 68.1 Å². The van der Waals surface area contributed by atoms with Gasteiger partial charge in [0.05, 0.1) is 0 Å². The average Bonchev–Trinajstić information content (AvgIpc) is 3.17. The van der Waals surface area contributed by atoms with Crippen LogP contribution in [0.3, 0.4) is 0 Å². The molecule has 31 heavy (non-hydrogen) atoms. The first-order chi connectivity index (χ1) is 15.1. The number of rotatable bonds is 5. The summed E-state index contributed by atoms with van der Waals surface area (Å²) < 4.78 is 2.47. The highest BCUT2D eigenvalue weighted by atomic mass is 15.2. The molecule has 1 aromatic carbocycles. The zero-order valence-electron chi connectivity index (χ0n) is 18.9. The maximum Gasteiger partial charge on any atom is 0.209 e. The third-order valence-corrected chi connectivity index (χ3v) is 7.55. The van der Waals surface area contributed by atoms with Crippen LogP contribution in [-0.2, 0) is 6.54 Å². The number of nitrogens with one attached hydrogen (secondary N) is 1. The summed E-state index contributed by atoms with van der Waals surface area (Å²) in [6, 6.07) is 9.91. The van der Waals surface area contributed by atoms with Crippen molar-refractivity contribution in [3.05, 3.63) is 36.0 Å². The first kappa shape index (κ1) is 21.7. The molecule has 2 fully saturated rings. The Morgan fingerprint density at radius 3 is 2.52 bits per heavy atom. The largest absolute Gasteiger partial charge is 0.369 e. The summed E-state index contributed by atoms with van der Waals surface area (Å²) in [6.45, 7) is 7.73. The van der Waals surface area contributed by atoms with Crippen molar-refractivity contribution in [1.29, 1.82) is 5.26 Å². The monoisotopic (exact) mass is 420 g/mol. The molecule has 0 amide bonds. The van der Waals surface area contributed by atoms with Crippen molar-refractivity contribution in [3.8, 4) is 6.19 Å². The van der Waals surface area contributed by atoms with Crippen LogP contribution in [0.25, 0.3) is 10.9 Å². The topological polar surface area (TPSA) is 82.4 Å². The summed E-state index contributed by atoms with van der Waals surface area (Å²) in [5.41, 5.74) is 8.22. The number of nitrogens with two attached hydrogens (primary N) is 1. The Morgan fingerprint density at radius 1 is 1.13 bits per heavy atom. The van der Waals surface area contributed by atoms with Gasteiger partial charge in [0.1, 0.15) is 0 Å². The number of nitrogens with zero attached hydrogens (tertiary/aromatic N) is 4. The van der Waals surface area contributed by atoms with Gasteiger partial charge in [0.2, 0.25) is 12.2 Å². The molecular weight excluding hydrogens is 384 g/mol. The normalized spacial score (nSPS) is 23.9. The minimum atomic E-state index is 0.167. The number of guanidine groups is 1. The van der Waals surface area contributed by atoms with E-state index in [9.17, 15) is 0 Å². The first-order valence-electron chi connectivity index (χ1n) is 11.9. The van der Waals surface area contributed by atoms with Gasteiger partial charge in [-0.1, -0.05) is 32.0 Å². The van der Waals surface area contributed by atoms with Crippen molar-refractivity contribution in [1.82, 2.24) is 14.8 Å². The highest BCUT2D eigenvalue weighted by Gasteiger charge is 2.30. The number of hydrogen-bond donors (Lipinski definition) is 2. The Balaban J connectivity index is 1.41. The molecular formula is C25H36N6. The number of aliphatic imine (C=N–C) groups is 1. The molecule has 0 atom stereocenters. The molecule has 0 spiro atoms. The lowest BCUT2D eigenvalue weighted by Crippen LogP contribution is -2.43. The average molecular weight is 421 g/mol. The lowest BCUT2D eigenvalue weighted by molar-refractivity contribution is 0.0894. The van der Waals surface area contributed by atoms with Gasteiger partial charge in [-0.2, -0.15) is 5.26 Å². The fourth-order valence-corrected chi connectivity index (χ4v) is 5.66. The fourth-order valence-electron chi connectivity index (χ4n) is 5.66. The Morgan fingerprint density at radius 2 is 1.84 bits per heavy atom. The van der Waals surface area contributed by atoms with Gasteiger partial charge in [-0.05, 0) is 62.0 Å². The zero-order valence-corrected chi connectivity index (χ0v) is 18.9. The Bertz CT molecular complexity index is 937. The minimum absolute atomic E-state index is 0.167. The van der Waals surface area contributed by atoms with Gasteiger partial charge in [-0.15, -0.1) is 4.99 Å².